The third-order valence-electron chi connectivity index (χ3n) is 5.20. The van der Waals surface area contributed by atoms with E-state index in [9.17, 15) is 4.79 Å². The van der Waals surface area contributed by atoms with Crippen molar-refractivity contribution in [2.45, 2.75) is 39.2 Å². The molecule has 0 N–H and O–H groups in total. The highest BCUT2D eigenvalue weighted by atomic mass is 79.9. The van der Waals surface area contributed by atoms with E-state index in [1.165, 1.54) is 0 Å². The van der Waals surface area contributed by atoms with Crippen LogP contribution < -0.4 is 0 Å². The summed E-state index contributed by atoms with van der Waals surface area (Å²) >= 11 is 3.24. The summed E-state index contributed by atoms with van der Waals surface area (Å²) in [5.41, 5.74) is 4.48. The first-order valence-corrected chi connectivity index (χ1v) is 10.5. The number of pyridine rings is 1. The number of carbonyl (C=O) groups is 1. The Hall–Kier alpha value is -3.00. The lowest BCUT2D eigenvalue weighted by atomic mass is 9.89. The van der Waals surface area contributed by atoms with Gasteiger partial charge in [0.15, 0.2) is 17.0 Å². The van der Waals surface area contributed by atoms with Crippen molar-refractivity contribution in [2.24, 2.45) is 0 Å². The molecule has 0 atom stereocenters. The van der Waals surface area contributed by atoms with Crippen LogP contribution in [-0.2, 0) is 24.2 Å². The number of carbonyl (C=O) groups excluding carboxylic acids is 1. The van der Waals surface area contributed by atoms with E-state index in [0.717, 1.165) is 53.4 Å². The molecule has 0 fully saturated rings. The Labute approximate surface area is 180 Å². The first-order chi connectivity index (χ1) is 14.6. The number of benzene rings is 1. The molecule has 0 aliphatic heterocycles. The predicted molar refractivity (Wildman–Crippen MR) is 112 cm³/mol. The zero-order valence-corrected chi connectivity index (χ0v) is 17.9. The van der Waals surface area contributed by atoms with Crippen LogP contribution >= 0.6 is 15.9 Å². The average Bonchev–Trinajstić information content (AvgIpc) is 3.39. The first-order valence-electron chi connectivity index (χ1n) is 9.76. The van der Waals surface area contributed by atoms with Gasteiger partial charge < -0.3 is 13.6 Å². The number of hydrogen-bond acceptors (Lipinski definition) is 7. The minimum Gasteiger partial charge on any atom is -0.452 e. The van der Waals surface area contributed by atoms with Crippen LogP contribution in [0.25, 0.3) is 22.6 Å². The molecular formula is C22H18BrN3O4. The Morgan fingerprint density at radius 3 is 2.83 bits per heavy atom. The molecule has 0 saturated heterocycles. The maximum Gasteiger partial charge on any atom is 0.339 e. The molecule has 0 radical (unpaired) electrons. The van der Waals surface area contributed by atoms with E-state index in [1.54, 1.807) is 12.1 Å². The van der Waals surface area contributed by atoms with Crippen LogP contribution in [0.2, 0.25) is 0 Å². The van der Waals surface area contributed by atoms with E-state index in [-0.39, 0.29) is 18.4 Å². The average molecular weight is 468 g/mol. The highest BCUT2D eigenvalue weighted by molar-refractivity contribution is 9.10. The van der Waals surface area contributed by atoms with Crippen LogP contribution in [0.15, 0.2) is 43.8 Å². The summed E-state index contributed by atoms with van der Waals surface area (Å²) in [6.07, 6.45) is 3.83. The van der Waals surface area contributed by atoms with Gasteiger partial charge in [-0.1, -0.05) is 11.6 Å². The molecule has 30 heavy (non-hydrogen) atoms. The van der Waals surface area contributed by atoms with Gasteiger partial charge in [0.25, 0.3) is 11.8 Å². The van der Waals surface area contributed by atoms with Gasteiger partial charge in [0.05, 0.1) is 11.1 Å². The molecule has 3 heterocycles. The van der Waals surface area contributed by atoms with Crippen LogP contribution in [0.3, 0.4) is 0 Å². The monoisotopic (exact) mass is 467 g/mol. The minimum atomic E-state index is -0.397. The lowest BCUT2D eigenvalue weighted by Crippen LogP contribution is -2.15. The molecule has 0 bridgehead atoms. The number of fused-ring (bicyclic) bond motifs is 2. The van der Waals surface area contributed by atoms with Crippen LogP contribution in [0.5, 0.6) is 0 Å². The highest BCUT2D eigenvalue weighted by Crippen LogP contribution is 2.31. The lowest BCUT2D eigenvalue weighted by molar-refractivity contribution is 0.0439. The number of aromatic nitrogens is 3. The van der Waals surface area contributed by atoms with E-state index in [0.29, 0.717) is 16.0 Å². The molecule has 1 aromatic carbocycles. The third-order valence-corrected chi connectivity index (χ3v) is 5.63. The number of nitrogens with zero attached hydrogens (tertiary/aromatic N) is 3. The summed E-state index contributed by atoms with van der Waals surface area (Å²) in [5.74, 6) is 0.478. The largest absolute Gasteiger partial charge is 0.452 e. The molecule has 0 saturated carbocycles. The van der Waals surface area contributed by atoms with Gasteiger partial charge in [-0.25, -0.2) is 4.79 Å². The standard InChI is InChI=1S/C22H18BrN3O4/c1-12-6-7-16-14(10-12)20(13-4-2-3-5-15(13)24-16)22(27)28-11-19-25-26-21(30-19)17-8-9-18(23)29-17/h6-10H,2-5,11H2,1H3. The van der Waals surface area contributed by atoms with Gasteiger partial charge in [-0.05, 0) is 78.4 Å². The number of aryl methyl sites for hydroxylation is 2. The second kappa shape index (κ2) is 7.68. The molecule has 1 aliphatic rings. The molecule has 0 unspecified atom stereocenters. The minimum absolute atomic E-state index is 0.113. The number of ether oxygens (including phenoxy) is 1. The van der Waals surface area contributed by atoms with Gasteiger partial charge in [0.2, 0.25) is 0 Å². The Balaban J connectivity index is 1.44. The fourth-order valence-corrected chi connectivity index (χ4v) is 4.12. The van der Waals surface area contributed by atoms with Gasteiger partial charge in [-0.2, -0.15) is 0 Å². The lowest BCUT2D eigenvalue weighted by Gasteiger charge is -2.20. The molecule has 152 valence electrons. The SMILES string of the molecule is Cc1ccc2nc3c(c(C(=O)OCc4nnc(-c5ccc(Br)o5)o4)c2c1)CCCC3. The van der Waals surface area contributed by atoms with Gasteiger partial charge in [-0.3, -0.25) is 4.98 Å². The molecule has 0 amide bonds. The van der Waals surface area contributed by atoms with Crippen LogP contribution in [-0.4, -0.2) is 21.2 Å². The fourth-order valence-electron chi connectivity index (χ4n) is 3.81. The van der Waals surface area contributed by atoms with Crippen molar-refractivity contribution in [3.8, 4) is 11.7 Å². The number of hydrogen-bond donors (Lipinski definition) is 0. The van der Waals surface area contributed by atoms with Crippen molar-refractivity contribution in [1.29, 1.82) is 0 Å². The van der Waals surface area contributed by atoms with E-state index in [1.807, 2.05) is 25.1 Å². The van der Waals surface area contributed by atoms with Crippen molar-refractivity contribution < 1.29 is 18.4 Å². The Morgan fingerprint density at radius 2 is 2.00 bits per heavy atom. The summed E-state index contributed by atoms with van der Waals surface area (Å²) in [6.45, 7) is 1.89. The molecular weight excluding hydrogens is 450 g/mol. The Morgan fingerprint density at radius 1 is 1.13 bits per heavy atom. The molecule has 5 rings (SSSR count). The molecule has 0 spiro atoms. The molecule has 8 heteroatoms. The third kappa shape index (κ3) is 3.52. The van der Waals surface area contributed by atoms with E-state index >= 15 is 0 Å². The van der Waals surface area contributed by atoms with Crippen LogP contribution in [0, 0.1) is 6.92 Å². The van der Waals surface area contributed by atoms with Crippen molar-refractivity contribution in [3.05, 3.63) is 63.3 Å². The number of rotatable bonds is 4. The molecule has 7 nitrogen and oxygen atoms in total. The normalized spacial score (nSPS) is 13.4. The Kier molecular flexibility index (Phi) is 4.86. The van der Waals surface area contributed by atoms with Gasteiger partial charge in [0, 0.05) is 11.1 Å². The van der Waals surface area contributed by atoms with Crippen LogP contribution in [0.4, 0.5) is 0 Å². The predicted octanol–water partition coefficient (Wildman–Crippen LogP) is 5.18. The smallest absolute Gasteiger partial charge is 0.339 e. The molecule has 1 aliphatic carbocycles. The highest BCUT2D eigenvalue weighted by Gasteiger charge is 2.24. The van der Waals surface area contributed by atoms with Crippen molar-refractivity contribution >= 4 is 32.8 Å². The van der Waals surface area contributed by atoms with Gasteiger partial charge in [-0.15, -0.1) is 10.2 Å². The summed E-state index contributed by atoms with van der Waals surface area (Å²) in [4.78, 5) is 17.9. The Bertz CT molecular complexity index is 1260. The second-order valence-electron chi connectivity index (χ2n) is 7.32. The summed E-state index contributed by atoms with van der Waals surface area (Å²) < 4.78 is 17.1. The number of furan rings is 1. The topological polar surface area (TPSA) is 91.2 Å². The van der Waals surface area contributed by atoms with Crippen molar-refractivity contribution in [1.82, 2.24) is 15.2 Å². The van der Waals surface area contributed by atoms with Crippen LogP contribution in [0.1, 0.15) is 45.9 Å². The maximum absolute atomic E-state index is 13.1. The van der Waals surface area contributed by atoms with Crippen molar-refractivity contribution in [2.75, 3.05) is 0 Å². The quantitative estimate of drug-likeness (QED) is 0.381. The fraction of sp³-hybridized carbons (Fsp3) is 0.273. The zero-order valence-electron chi connectivity index (χ0n) is 16.3. The van der Waals surface area contributed by atoms with E-state index < -0.39 is 5.97 Å². The maximum atomic E-state index is 13.1. The summed E-state index contributed by atoms with van der Waals surface area (Å²) in [6, 6.07) is 9.41. The van der Waals surface area contributed by atoms with Crippen molar-refractivity contribution in [3.63, 3.8) is 0 Å². The summed E-state index contributed by atoms with van der Waals surface area (Å²) in [5, 5.41) is 8.73. The molecule has 3 aromatic heterocycles. The molecule has 4 aromatic rings. The zero-order chi connectivity index (χ0) is 20.7. The number of esters is 1. The first kappa shape index (κ1) is 19.0. The second-order valence-corrected chi connectivity index (χ2v) is 8.10. The van der Waals surface area contributed by atoms with E-state index in [4.69, 9.17) is 18.6 Å². The van der Waals surface area contributed by atoms with Gasteiger partial charge in [0.1, 0.15) is 0 Å². The van der Waals surface area contributed by atoms with Gasteiger partial charge >= 0.3 is 5.97 Å². The van der Waals surface area contributed by atoms with E-state index in [2.05, 4.69) is 26.1 Å². The summed E-state index contributed by atoms with van der Waals surface area (Å²) in [7, 11) is 0. The number of halogens is 1.